The van der Waals surface area contributed by atoms with E-state index in [-0.39, 0.29) is 5.97 Å². The summed E-state index contributed by atoms with van der Waals surface area (Å²) in [4.78, 5) is 12.5. The third-order valence-corrected chi connectivity index (χ3v) is 5.48. The largest absolute Gasteiger partial charge is 0.407 e. The topological polar surface area (TPSA) is 44.1 Å². The van der Waals surface area contributed by atoms with E-state index in [1.165, 1.54) is 25.7 Å². The van der Waals surface area contributed by atoms with Gasteiger partial charge in [0.05, 0.1) is 11.4 Å². The van der Waals surface area contributed by atoms with Crippen LogP contribution in [0, 0.1) is 5.92 Å². The lowest BCUT2D eigenvalue weighted by molar-refractivity contribution is -0.135. The maximum atomic E-state index is 12.5. The predicted octanol–water partition coefficient (Wildman–Crippen LogP) is 6.07. The van der Waals surface area contributed by atoms with E-state index >= 15 is 0 Å². The number of ether oxygens (including phenoxy) is 1. The summed E-state index contributed by atoms with van der Waals surface area (Å²) in [5.41, 5.74) is 2.47. The molecule has 1 aliphatic rings. The van der Waals surface area contributed by atoms with E-state index in [1.54, 1.807) is 16.8 Å². The minimum atomic E-state index is -0.213. The van der Waals surface area contributed by atoms with E-state index in [2.05, 4.69) is 5.10 Å². The van der Waals surface area contributed by atoms with E-state index in [9.17, 15) is 4.79 Å². The molecule has 4 rings (SSSR count). The smallest absolute Gasteiger partial charge is 0.312 e. The van der Waals surface area contributed by atoms with Crippen LogP contribution in [-0.2, 0) is 4.79 Å². The van der Waals surface area contributed by atoms with Crippen molar-refractivity contribution in [1.82, 2.24) is 9.78 Å². The average molecular weight is 395 g/mol. The maximum absolute atomic E-state index is 12.5. The number of rotatable bonds is 6. The SMILES string of the molecule is O=C(CCC1CCCC1)Oc1cc(-c2ccccc2)nn1-c1cccc(Cl)c1. The first-order chi connectivity index (χ1) is 13.7. The van der Waals surface area contributed by atoms with Crippen LogP contribution in [0.25, 0.3) is 16.9 Å². The Hall–Kier alpha value is -2.59. The Morgan fingerprint density at radius 2 is 1.86 bits per heavy atom. The Morgan fingerprint density at radius 1 is 1.07 bits per heavy atom. The third-order valence-electron chi connectivity index (χ3n) is 5.25. The summed E-state index contributed by atoms with van der Waals surface area (Å²) in [7, 11) is 0. The summed E-state index contributed by atoms with van der Waals surface area (Å²) in [6, 6.07) is 19.0. The molecule has 144 valence electrons. The normalized spacial score (nSPS) is 14.3. The standard InChI is InChI=1S/C23H23ClN2O2/c24-19-11-6-12-20(15-19)26-22(16-21(25-26)18-9-2-1-3-10-18)28-23(27)14-13-17-7-4-5-8-17/h1-3,6,9-12,15-17H,4-5,7-8,13-14H2. The van der Waals surface area contributed by atoms with E-state index < -0.39 is 0 Å². The second-order valence-corrected chi connectivity index (χ2v) is 7.73. The van der Waals surface area contributed by atoms with Crippen LogP contribution in [0.15, 0.2) is 60.7 Å². The van der Waals surface area contributed by atoms with Gasteiger partial charge >= 0.3 is 5.97 Å². The molecule has 4 nitrogen and oxygen atoms in total. The average Bonchev–Trinajstić information content (AvgIpc) is 3.37. The first-order valence-electron chi connectivity index (χ1n) is 9.81. The molecule has 1 fully saturated rings. The minimum Gasteiger partial charge on any atom is -0.407 e. The molecule has 0 N–H and O–H groups in total. The summed E-state index contributed by atoms with van der Waals surface area (Å²) in [5, 5.41) is 5.27. The van der Waals surface area contributed by atoms with Crippen molar-refractivity contribution >= 4 is 17.6 Å². The van der Waals surface area contributed by atoms with Crippen LogP contribution in [0.3, 0.4) is 0 Å². The summed E-state index contributed by atoms with van der Waals surface area (Å²) in [6.45, 7) is 0. The Morgan fingerprint density at radius 3 is 2.61 bits per heavy atom. The second-order valence-electron chi connectivity index (χ2n) is 7.29. The van der Waals surface area contributed by atoms with E-state index in [4.69, 9.17) is 16.3 Å². The predicted molar refractivity (Wildman–Crippen MR) is 111 cm³/mol. The first kappa shape index (κ1) is 18.8. The van der Waals surface area contributed by atoms with Crippen molar-refractivity contribution in [3.63, 3.8) is 0 Å². The van der Waals surface area contributed by atoms with Gasteiger partial charge in [-0.1, -0.05) is 73.7 Å². The summed E-state index contributed by atoms with van der Waals surface area (Å²) < 4.78 is 7.36. The van der Waals surface area contributed by atoms with Gasteiger partial charge in [0.1, 0.15) is 0 Å². The summed E-state index contributed by atoms with van der Waals surface area (Å²) >= 11 is 6.15. The molecule has 0 spiro atoms. The van der Waals surface area contributed by atoms with Gasteiger partial charge in [0.25, 0.3) is 0 Å². The van der Waals surface area contributed by atoms with Gasteiger partial charge in [-0.2, -0.15) is 9.78 Å². The highest BCUT2D eigenvalue weighted by Crippen LogP contribution is 2.30. The molecule has 5 heteroatoms. The lowest BCUT2D eigenvalue weighted by Crippen LogP contribution is -2.12. The Balaban J connectivity index is 1.58. The van der Waals surface area contributed by atoms with Crippen molar-refractivity contribution in [2.45, 2.75) is 38.5 Å². The van der Waals surface area contributed by atoms with Gasteiger partial charge in [-0.05, 0) is 30.5 Å². The molecule has 0 amide bonds. The van der Waals surface area contributed by atoms with Crippen molar-refractivity contribution in [2.75, 3.05) is 0 Å². The van der Waals surface area contributed by atoms with Gasteiger partial charge < -0.3 is 4.74 Å². The minimum absolute atomic E-state index is 0.213. The van der Waals surface area contributed by atoms with E-state index in [1.807, 2.05) is 48.5 Å². The zero-order chi connectivity index (χ0) is 19.3. The molecule has 0 unspecified atom stereocenters. The molecule has 1 aromatic heterocycles. The van der Waals surface area contributed by atoms with Gasteiger partial charge in [0, 0.05) is 23.1 Å². The number of nitrogens with zero attached hydrogens (tertiary/aromatic N) is 2. The molecular formula is C23H23ClN2O2. The molecule has 0 saturated heterocycles. The molecule has 0 aliphatic heterocycles. The van der Waals surface area contributed by atoms with Crippen LogP contribution in [0.2, 0.25) is 5.02 Å². The number of carbonyl (C=O) groups is 1. The van der Waals surface area contributed by atoms with Gasteiger partial charge in [-0.3, -0.25) is 4.79 Å². The quantitative estimate of drug-likeness (QED) is 0.476. The van der Waals surface area contributed by atoms with Crippen molar-refractivity contribution in [3.05, 3.63) is 65.7 Å². The van der Waals surface area contributed by atoms with Crippen molar-refractivity contribution in [2.24, 2.45) is 5.92 Å². The number of aromatic nitrogens is 2. The molecule has 1 aliphatic carbocycles. The molecule has 28 heavy (non-hydrogen) atoms. The highest BCUT2D eigenvalue weighted by atomic mass is 35.5. The molecular weight excluding hydrogens is 372 g/mol. The van der Waals surface area contributed by atoms with Gasteiger partial charge in [-0.15, -0.1) is 0 Å². The number of halogens is 1. The summed E-state index contributed by atoms with van der Waals surface area (Å²) in [5.74, 6) is 0.859. The summed E-state index contributed by atoms with van der Waals surface area (Å²) in [6.07, 6.45) is 6.35. The van der Waals surface area contributed by atoms with Gasteiger partial charge in [0.2, 0.25) is 5.88 Å². The Kier molecular flexibility index (Phi) is 5.77. The number of hydrogen-bond donors (Lipinski definition) is 0. The number of carbonyl (C=O) groups excluding carboxylic acids is 1. The fourth-order valence-corrected chi connectivity index (χ4v) is 3.95. The lowest BCUT2D eigenvalue weighted by Gasteiger charge is -2.10. The fourth-order valence-electron chi connectivity index (χ4n) is 3.77. The first-order valence-corrected chi connectivity index (χ1v) is 10.2. The zero-order valence-electron chi connectivity index (χ0n) is 15.7. The van der Waals surface area contributed by atoms with Crippen LogP contribution >= 0.6 is 11.6 Å². The number of benzene rings is 2. The van der Waals surface area contributed by atoms with E-state index in [0.717, 1.165) is 23.4 Å². The molecule has 3 aromatic rings. The van der Waals surface area contributed by atoms with Crippen LogP contribution in [0.5, 0.6) is 5.88 Å². The molecule has 0 bridgehead atoms. The van der Waals surface area contributed by atoms with Crippen LogP contribution in [-0.4, -0.2) is 15.7 Å². The van der Waals surface area contributed by atoms with Crippen LogP contribution in [0.4, 0.5) is 0 Å². The fraction of sp³-hybridized carbons (Fsp3) is 0.304. The van der Waals surface area contributed by atoms with E-state index in [0.29, 0.717) is 23.2 Å². The van der Waals surface area contributed by atoms with Crippen molar-refractivity contribution in [1.29, 1.82) is 0 Å². The number of hydrogen-bond acceptors (Lipinski definition) is 3. The maximum Gasteiger partial charge on any atom is 0.312 e. The van der Waals surface area contributed by atoms with Crippen molar-refractivity contribution < 1.29 is 9.53 Å². The highest BCUT2D eigenvalue weighted by Gasteiger charge is 2.19. The molecule has 1 saturated carbocycles. The number of esters is 1. The molecule has 2 aromatic carbocycles. The molecule has 0 radical (unpaired) electrons. The monoisotopic (exact) mass is 394 g/mol. The molecule has 1 heterocycles. The van der Waals surface area contributed by atoms with Gasteiger partial charge in [0.15, 0.2) is 0 Å². The van der Waals surface area contributed by atoms with Crippen LogP contribution in [0.1, 0.15) is 38.5 Å². The second kappa shape index (κ2) is 8.61. The lowest BCUT2D eigenvalue weighted by atomic mass is 10.0. The third kappa shape index (κ3) is 4.45. The molecule has 0 atom stereocenters. The Bertz CT molecular complexity index is 946. The van der Waals surface area contributed by atoms with Crippen LogP contribution < -0.4 is 4.74 Å². The Labute approximate surface area is 170 Å². The zero-order valence-corrected chi connectivity index (χ0v) is 16.4. The van der Waals surface area contributed by atoms with Crippen molar-refractivity contribution in [3.8, 4) is 22.8 Å². The van der Waals surface area contributed by atoms with Gasteiger partial charge in [-0.25, -0.2) is 0 Å². The highest BCUT2D eigenvalue weighted by molar-refractivity contribution is 6.30.